The number of amides is 3. The molecule has 24 heavy (non-hydrogen) atoms. The molecule has 0 unspecified atom stereocenters. The van der Waals surface area contributed by atoms with Gasteiger partial charge in [-0.15, -0.1) is 11.8 Å². The van der Waals surface area contributed by atoms with Gasteiger partial charge < -0.3 is 5.11 Å². The Morgan fingerprint density at radius 2 is 1.79 bits per heavy atom. The Labute approximate surface area is 140 Å². The summed E-state index contributed by atoms with van der Waals surface area (Å²) in [5.41, 5.74) is 0.721. The van der Waals surface area contributed by atoms with Crippen LogP contribution in [0.5, 0.6) is 0 Å². The molecule has 3 aliphatic heterocycles. The Morgan fingerprint density at radius 3 is 2.33 bits per heavy atom. The summed E-state index contributed by atoms with van der Waals surface area (Å²) in [6.07, 6.45) is 0.552. The number of β-lactam (4-membered cyclic amide) rings is 1. The summed E-state index contributed by atoms with van der Waals surface area (Å²) in [5.74, 6) is -2.10. The van der Waals surface area contributed by atoms with E-state index in [1.807, 2.05) is 0 Å². The van der Waals surface area contributed by atoms with Crippen molar-refractivity contribution in [2.45, 2.75) is 18.2 Å². The first-order chi connectivity index (χ1) is 11.5. The predicted molar refractivity (Wildman–Crippen MR) is 83.9 cm³/mol. The maximum absolute atomic E-state index is 12.3. The van der Waals surface area contributed by atoms with Gasteiger partial charge in [0.2, 0.25) is 5.91 Å². The molecule has 1 aromatic carbocycles. The van der Waals surface area contributed by atoms with Gasteiger partial charge in [-0.2, -0.15) is 0 Å². The van der Waals surface area contributed by atoms with Gasteiger partial charge in [0.25, 0.3) is 11.8 Å². The zero-order valence-corrected chi connectivity index (χ0v) is 13.2. The molecule has 0 saturated carbocycles. The summed E-state index contributed by atoms with van der Waals surface area (Å²) in [4.78, 5) is 50.6. The highest BCUT2D eigenvalue weighted by Gasteiger charge is 2.48. The number of carboxylic acid groups (broad SMARTS) is 1. The van der Waals surface area contributed by atoms with Crippen molar-refractivity contribution in [1.29, 1.82) is 0 Å². The minimum absolute atomic E-state index is 0.0159. The Bertz CT molecular complexity index is 812. The van der Waals surface area contributed by atoms with E-state index in [1.54, 1.807) is 24.3 Å². The quantitative estimate of drug-likeness (QED) is 0.653. The second kappa shape index (κ2) is 5.20. The van der Waals surface area contributed by atoms with Gasteiger partial charge in [-0.1, -0.05) is 12.1 Å². The number of carbonyl (C=O) groups is 4. The fraction of sp³-hybridized carbons (Fsp3) is 0.250. The molecular weight excluding hydrogens is 332 g/mol. The fourth-order valence-electron chi connectivity index (χ4n) is 3.16. The van der Waals surface area contributed by atoms with E-state index in [0.29, 0.717) is 22.5 Å². The van der Waals surface area contributed by atoms with Crippen LogP contribution in [-0.4, -0.2) is 50.5 Å². The van der Waals surface area contributed by atoms with Crippen molar-refractivity contribution in [3.8, 4) is 0 Å². The van der Waals surface area contributed by atoms with Crippen LogP contribution in [0.2, 0.25) is 0 Å². The van der Waals surface area contributed by atoms with Crippen molar-refractivity contribution < 1.29 is 24.3 Å². The van der Waals surface area contributed by atoms with Crippen molar-refractivity contribution in [3.05, 3.63) is 46.0 Å². The van der Waals surface area contributed by atoms with E-state index >= 15 is 0 Å². The maximum atomic E-state index is 12.3. The topological polar surface area (TPSA) is 95.0 Å². The highest BCUT2D eigenvalue weighted by atomic mass is 32.2. The zero-order valence-electron chi connectivity index (χ0n) is 12.4. The number of fused-ring (bicyclic) bond motifs is 2. The third kappa shape index (κ3) is 1.99. The largest absolute Gasteiger partial charge is 0.477 e. The summed E-state index contributed by atoms with van der Waals surface area (Å²) in [6, 6.07) is 6.60. The second-order valence-electron chi connectivity index (χ2n) is 5.67. The third-order valence-electron chi connectivity index (χ3n) is 4.33. The molecule has 0 bridgehead atoms. The van der Waals surface area contributed by atoms with E-state index in [-0.39, 0.29) is 41.8 Å². The molecule has 1 atom stereocenters. The van der Waals surface area contributed by atoms with Crippen LogP contribution in [0.1, 0.15) is 33.6 Å². The van der Waals surface area contributed by atoms with E-state index in [4.69, 9.17) is 0 Å². The monoisotopic (exact) mass is 344 g/mol. The van der Waals surface area contributed by atoms with E-state index in [1.165, 1.54) is 16.7 Å². The molecule has 3 heterocycles. The molecule has 7 nitrogen and oxygen atoms in total. The van der Waals surface area contributed by atoms with Gasteiger partial charge in [0.05, 0.1) is 22.9 Å². The number of thioether (sulfide) groups is 1. The lowest BCUT2D eigenvalue weighted by molar-refractivity contribution is -0.145. The number of rotatable bonds is 4. The van der Waals surface area contributed by atoms with E-state index in [0.717, 1.165) is 4.90 Å². The first-order valence-electron chi connectivity index (χ1n) is 7.39. The van der Waals surface area contributed by atoms with Gasteiger partial charge in [-0.3, -0.25) is 24.2 Å². The first kappa shape index (κ1) is 14.9. The van der Waals surface area contributed by atoms with Gasteiger partial charge in [0.15, 0.2) is 0 Å². The van der Waals surface area contributed by atoms with E-state index in [9.17, 15) is 24.3 Å². The Balaban J connectivity index is 1.55. The van der Waals surface area contributed by atoms with Crippen LogP contribution in [0.15, 0.2) is 34.9 Å². The number of hydrogen-bond acceptors (Lipinski definition) is 5. The number of benzene rings is 1. The minimum atomic E-state index is -1.16. The lowest BCUT2D eigenvalue weighted by atomic mass is 10.1. The Kier molecular flexibility index (Phi) is 3.24. The van der Waals surface area contributed by atoms with E-state index in [2.05, 4.69) is 0 Å². The molecule has 3 aliphatic rings. The molecule has 8 heteroatoms. The van der Waals surface area contributed by atoms with Crippen molar-refractivity contribution >= 4 is 35.5 Å². The fourth-order valence-corrected chi connectivity index (χ4v) is 4.55. The first-order valence-corrected chi connectivity index (χ1v) is 8.27. The average Bonchev–Trinajstić information content (AvgIpc) is 2.98. The molecular formula is C16H12N2O5S. The van der Waals surface area contributed by atoms with Gasteiger partial charge in [-0.05, 0) is 18.6 Å². The number of hydrogen-bond donors (Lipinski definition) is 1. The number of carboxylic acids is 1. The SMILES string of the molecule is O=C(O)C1=C(CCN2C(=O)c3ccccc3C2=O)S[C@@H]2CC(=O)N12. The van der Waals surface area contributed by atoms with Gasteiger partial charge in [-0.25, -0.2) is 4.79 Å². The van der Waals surface area contributed by atoms with Gasteiger partial charge in [0.1, 0.15) is 5.70 Å². The van der Waals surface area contributed by atoms with Crippen LogP contribution in [0, 0.1) is 0 Å². The van der Waals surface area contributed by atoms with Crippen molar-refractivity contribution in [1.82, 2.24) is 9.80 Å². The van der Waals surface area contributed by atoms with Crippen LogP contribution >= 0.6 is 11.8 Å². The predicted octanol–water partition coefficient (Wildman–Crippen LogP) is 1.27. The lowest BCUT2D eigenvalue weighted by Crippen LogP contribution is -2.48. The molecule has 1 N–H and O–H groups in total. The number of carbonyl (C=O) groups excluding carboxylic acids is 3. The Morgan fingerprint density at radius 1 is 1.17 bits per heavy atom. The summed E-state index contributed by atoms with van der Waals surface area (Å²) >= 11 is 1.32. The molecule has 1 fully saturated rings. The third-order valence-corrected chi connectivity index (χ3v) is 5.66. The molecule has 0 aliphatic carbocycles. The van der Waals surface area contributed by atoms with Crippen LogP contribution in [-0.2, 0) is 9.59 Å². The molecule has 4 rings (SSSR count). The average molecular weight is 344 g/mol. The normalized spacial score (nSPS) is 22.0. The molecule has 1 aromatic rings. The molecule has 1 saturated heterocycles. The molecule has 122 valence electrons. The van der Waals surface area contributed by atoms with Crippen molar-refractivity contribution in [3.63, 3.8) is 0 Å². The summed E-state index contributed by atoms with van der Waals surface area (Å²) in [5, 5.41) is 9.18. The van der Waals surface area contributed by atoms with Gasteiger partial charge in [0, 0.05) is 11.4 Å². The maximum Gasteiger partial charge on any atom is 0.353 e. The smallest absolute Gasteiger partial charge is 0.353 e. The molecule has 3 amide bonds. The standard InChI is InChI=1S/C16H12N2O5S/c19-11-7-12-18(11)13(16(22)23)10(24-12)5-6-17-14(20)8-3-1-2-4-9(8)15(17)21/h1-4,12H,5-7H2,(H,22,23)/t12-/m1/s1. The number of nitrogens with zero attached hydrogens (tertiary/aromatic N) is 2. The highest BCUT2D eigenvalue weighted by molar-refractivity contribution is 8.04. The molecule has 0 radical (unpaired) electrons. The zero-order chi connectivity index (χ0) is 17.0. The van der Waals surface area contributed by atoms with E-state index < -0.39 is 5.97 Å². The summed E-state index contributed by atoms with van der Waals surface area (Å²) in [7, 11) is 0. The van der Waals surface area contributed by atoms with Crippen LogP contribution in [0.3, 0.4) is 0 Å². The highest BCUT2D eigenvalue weighted by Crippen LogP contribution is 2.47. The second-order valence-corrected chi connectivity index (χ2v) is 6.95. The molecule has 0 spiro atoms. The minimum Gasteiger partial charge on any atom is -0.477 e. The van der Waals surface area contributed by atoms with Crippen LogP contribution in [0.25, 0.3) is 0 Å². The lowest BCUT2D eigenvalue weighted by Gasteiger charge is -2.33. The van der Waals surface area contributed by atoms with Gasteiger partial charge >= 0.3 is 5.97 Å². The number of aliphatic carboxylic acids is 1. The Hall–Kier alpha value is -2.61. The molecule has 0 aromatic heterocycles. The van der Waals surface area contributed by atoms with Crippen LogP contribution < -0.4 is 0 Å². The van der Waals surface area contributed by atoms with Crippen molar-refractivity contribution in [2.24, 2.45) is 0 Å². The summed E-state index contributed by atoms with van der Waals surface area (Å²) in [6.45, 7) is 0.0974. The van der Waals surface area contributed by atoms with Crippen LogP contribution in [0.4, 0.5) is 0 Å². The van der Waals surface area contributed by atoms with Crippen molar-refractivity contribution in [2.75, 3.05) is 6.54 Å². The summed E-state index contributed by atoms with van der Waals surface area (Å²) < 4.78 is 0. The number of imide groups is 1.